The van der Waals surface area contributed by atoms with E-state index in [1.54, 1.807) is 18.2 Å². The van der Waals surface area contributed by atoms with Crippen LogP contribution in [0.3, 0.4) is 0 Å². The van der Waals surface area contributed by atoms with Crippen LogP contribution in [0, 0.1) is 11.6 Å². The smallest absolute Gasteiger partial charge is 0.142 e. The van der Waals surface area contributed by atoms with E-state index in [2.05, 4.69) is 0 Å². The summed E-state index contributed by atoms with van der Waals surface area (Å²) in [6, 6.07) is 8.09. The second-order valence-electron chi connectivity index (χ2n) is 4.42. The van der Waals surface area contributed by atoms with Gasteiger partial charge in [0, 0.05) is 12.0 Å². The molecular weight excluding hydrogens is 264 g/mol. The summed E-state index contributed by atoms with van der Waals surface area (Å²) in [4.78, 5) is 0. The minimum atomic E-state index is -1.04. The number of para-hydroxylation sites is 1. The van der Waals surface area contributed by atoms with Gasteiger partial charge in [-0.15, -0.1) is 0 Å². The predicted molar refractivity (Wildman–Crippen MR) is 72.4 cm³/mol. The second-order valence-corrected chi connectivity index (χ2v) is 4.42. The molecule has 0 saturated carbocycles. The van der Waals surface area contributed by atoms with Crippen LogP contribution < -0.4 is 10.5 Å². The van der Waals surface area contributed by atoms with Gasteiger partial charge >= 0.3 is 0 Å². The number of halogens is 2. The molecule has 5 heteroatoms. The molecule has 106 valence electrons. The second kappa shape index (κ2) is 5.88. The molecule has 0 aliphatic rings. The Bertz CT molecular complexity index is 617. The van der Waals surface area contributed by atoms with E-state index in [1.807, 2.05) is 0 Å². The average molecular weight is 279 g/mol. The molecule has 0 saturated heterocycles. The molecule has 20 heavy (non-hydrogen) atoms. The SMILES string of the molecule is COc1cccc(C(O)Cc2cc(F)ccc2F)c1N. The third-order valence-corrected chi connectivity index (χ3v) is 3.10. The Morgan fingerprint density at radius 1 is 1.25 bits per heavy atom. The maximum atomic E-state index is 13.6. The van der Waals surface area contributed by atoms with Gasteiger partial charge in [0.1, 0.15) is 17.4 Å². The molecule has 1 atom stereocenters. The molecule has 0 aliphatic heterocycles. The number of methoxy groups -OCH3 is 1. The van der Waals surface area contributed by atoms with Gasteiger partial charge in [-0.05, 0) is 29.8 Å². The fourth-order valence-electron chi connectivity index (χ4n) is 2.05. The van der Waals surface area contributed by atoms with E-state index in [0.29, 0.717) is 17.0 Å². The number of nitrogen functional groups attached to an aromatic ring is 1. The number of hydrogen-bond acceptors (Lipinski definition) is 3. The van der Waals surface area contributed by atoms with E-state index in [4.69, 9.17) is 10.5 Å². The van der Waals surface area contributed by atoms with E-state index < -0.39 is 17.7 Å². The van der Waals surface area contributed by atoms with Gasteiger partial charge in [-0.3, -0.25) is 0 Å². The summed E-state index contributed by atoms with van der Waals surface area (Å²) in [5, 5.41) is 10.2. The van der Waals surface area contributed by atoms with Gasteiger partial charge in [-0.25, -0.2) is 8.78 Å². The quantitative estimate of drug-likeness (QED) is 0.846. The first-order valence-corrected chi connectivity index (χ1v) is 6.07. The molecule has 0 aliphatic carbocycles. The van der Waals surface area contributed by atoms with Crippen molar-refractivity contribution in [3.05, 3.63) is 59.2 Å². The highest BCUT2D eigenvalue weighted by Crippen LogP contribution is 2.31. The summed E-state index contributed by atoms with van der Waals surface area (Å²) in [5.41, 5.74) is 6.68. The average Bonchev–Trinajstić information content (AvgIpc) is 2.43. The van der Waals surface area contributed by atoms with Crippen molar-refractivity contribution in [2.24, 2.45) is 0 Å². The molecule has 0 spiro atoms. The van der Waals surface area contributed by atoms with Crippen LogP contribution in [0.15, 0.2) is 36.4 Å². The van der Waals surface area contributed by atoms with E-state index in [0.717, 1.165) is 18.2 Å². The minimum Gasteiger partial charge on any atom is -0.495 e. The zero-order chi connectivity index (χ0) is 14.7. The van der Waals surface area contributed by atoms with Gasteiger partial charge in [-0.2, -0.15) is 0 Å². The Morgan fingerprint density at radius 2 is 2.00 bits per heavy atom. The first-order chi connectivity index (χ1) is 9.52. The number of nitrogens with two attached hydrogens (primary N) is 1. The highest BCUT2D eigenvalue weighted by Gasteiger charge is 2.16. The number of hydrogen-bond donors (Lipinski definition) is 2. The van der Waals surface area contributed by atoms with Gasteiger partial charge in [-0.1, -0.05) is 12.1 Å². The van der Waals surface area contributed by atoms with Crippen LogP contribution in [0.5, 0.6) is 5.75 Å². The Labute approximate surface area is 115 Å². The number of aliphatic hydroxyl groups excluding tert-OH is 1. The lowest BCUT2D eigenvalue weighted by Crippen LogP contribution is -2.08. The van der Waals surface area contributed by atoms with E-state index in [1.165, 1.54) is 7.11 Å². The molecule has 0 amide bonds. The largest absolute Gasteiger partial charge is 0.495 e. The predicted octanol–water partition coefficient (Wildman–Crippen LogP) is 2.83. The van der Waals surface area contributed by atoms with Crippen molar-refractivity contribution in [3.8, 4) is 5.75 Å². The summed E-state index contributed by atoms with van der Waals surface area (Å²) in [6.45, 7) is 0. The molecule has 2 aromatic rings. The number of benzene rings is 2. The van der Waals surface area contributed by atoms with Gasteiger partial charge in [0.15, 0.2) is 0 Å². The first kappa shape index (κ1) is 14.3. The lowest BCUT2D eigenvalue weighted by atomic mass is 9.99. The van der Waals surface area contributed by atoms with Crippen molar-refractivity contribution >= 4 is 5.69 Å². The monoisotopic (exact) mass is 279 g/mol. The molecule has 3 nitrogen and oxygen atoms in total. The highest BCUT2D eigenvalue weighted by molar-refractivity contribution is 5.59. The van der Waals surface area contributed by atoms with E-state index in [-0.39, 0.29) is 12.0 Å². The fourth-order valence-corrected chi connectivity index (χ4v) is 2.05. The van der Waals surface area contributed by atoms with Gasteiger partial charge in [0.2, 0.25) is 0 Å². The van der Waals surface area contributed by atoms with E-state index in [9.17, 15) is 13.9 Å². The van der Waals surface area contributed by atoms with Gasteiger partial charge in [0.25, 0.3) is 0 Å². The van der Waals surface area contributed by atoms with Crippen molar-refractivity contribution in [3.63, 3.8) is 0 Å². The molecule has 2 aromatic carbocycles. The third-order valence-electron chi connectivity index (χ3n) is 3.10. The number of anilines is 1. The van der Waals surface area contributed by atoms with Crippen LogP contribution in [0.4, 0.5) is 14.5 Å². The molecule has 0 aromatic heterocycles. The molecule has 0 bridgehead atoms. The molecule has 1 unspecified atom stereocenters. The Balaban J connectivity index is 2.28. The summed E-state index contributed by atoms with van der Waals surface area (Å²) < 4.78 is 31.7. The standard InChI is InChI=1S/C15H15F2NO2/c1-20-14-4-2-3-11(15(14)18)13(19)8-9-7-10(16)5-6-12(9)17/h2-7,13,19H,8,18H2,1H3. The van der Waals surface area contributed by atoms with Crippen LogP contribution in [-0.4, -0.2) is 12.2 Å². The molecule has 0 fully saturated rings. The lowest BCUT2D eigenvalue weighted by Gasteiger charge is -2.16. The third kappa shape index (κ3) is 2.88. The van der Waals surface area contributed by atoms with Crippen molar-refractivity contribution in [1.29, 1.82) is 0 Å². The number of aliphatic hydroxyl groups is 1. The lowest BCUT2D eigenvalue weighted by molar-refractivity contribution is 0.177. The van der Waals surface area contributed by atoms with Gasteiger partial charge < -0.3 is 15.6 Å². The Morgan fingerprint density at radius 3 is 2.70 bits per heavy atom. The molecular formula is C15H15F2NO2. The Kier molecular flexibility index (Phi) is 4.20. The van der Waals surface area contributed by atoms with Crippen LogP contribution >= 0.6 is 0 Å². The van der Waals surface area contributed by atoms with Crippen LogP contribution in [0.2, 0.25) is 0 Å². The summed E-state index contributed by atoms with van der Waals surface area (Å²) in [5.74, 6) is -0.680. The van der Waals surface area contributed by atoms with E-state index >= 15 is 0 Å². The summed E-state index contributed by atoms with van der Waals surface area (Å²) in [6.07, 6.45) is -1.11. The number of rotatable bonds is 4. The molecule has 3 N–H and O–H groups in total. The number of ether oxygens (including phenoxy) is 1. The van der Waals surface area contributed by atoms with Crippen LogP contribution in [0.25, 0.3) is 0 Å². The van der Waals surface area contributed by atoms with Gasteiger partial charge in [0.05, 0.1) is 18.9 Å². The van der Waals surface area contributed by atoms with Crippen LogP contribution in [-0.2, 0) is 6.42 Å². The summed E-state index contributed by atoms with van der Waals surface area (Å²) >= 11 is 0. The summed E-state index contributed by atoms with van der Waals surface area (Å²) in [7, 11) is 1.47. The van der Waals surface area contributed by atoms with Crippen molar-refractivity contribution < 1.29 is 18.6 Å². The molecule has 2 rings (SSSR count). The first-order valence-electron chi connectivity index (χ1n) is 6.07. The van der Waals surface area contributed by atoms with Crippen molar-refractivity contribution in [2.45, 2.75) is 12.5 Å². The topological polar surface area (TPSA) is 55.5 Å². The van der Waals surface area contributed by atoms with Crippen molar-refractivity contribution in [2.75, 3.05) is 12.8 Å². The maximum absolute atomic E-state index is 13.6. The van der Waals surface area contributed by atoms with Crippen molar-refractivity contribution in [1.82, 2.24) is 0 Å². The Hall–Kier alpha value is -2.14. The molecule has 0 heterocycles. The normalized spacial score (nSPS) is 12.2. The minimum absolute atomic E-state index is 0.0685. The zero-order valence-corrected chi connectivity index (χ0v) is 10.9. The molecule has 0 radical (unpaired) electrons. The maximum Gasteiger partial charge on any atom is 0.142 e. The van der Waals surface area contributed by atoms with Crippen LogP contribution in [0.1, 0.15) is 17.2 Å². The zero-order valence-electron chi connectivity index (χ0n) is 10.9. The fraction of sp³-hybridized carbons (Fsp3) is 0.200. The highest BCUT2D eigenvalue weighted by atomic mass is 19.1.